The molecule has 3 amide bonds. The topological polar surface area (TPSA) is 176 Å². The summed E-state index contributed by atoms with van der Waals surface area (Å²) in [6.07, 6.45) is 9.32. The highest BCUT2D eigenvalue weighted by Crippen LogP contribution is 2.37. The molecule has 6 heterocycles. The van der Waals surface area contributed by atoms with E-state index in [0.29, 0.717) is 59.7 Å². The molecule has 6 aliphatic rings. The molecule has 4 aromatic carbocycles. The number of benzene rings is 4. The first kappa shape index (κ1) is 47.3. The van der Waals surface area contributed by atoms with Crippen molar-refractivity contribution in [2.45, 2.75) is 101 Å². The molecule has 1 aliphatic carbocycles. The Morgan fingerprint density at radius 3 is 2.33 bits per heavy atom. The van der Waals surface area contributed by atoms with E-state index in [-0.39, 0.29) is 59.4 Å². The number of aliphatic hydroxyl groups excluding tert-OH is 1. The van der Waals surface area contributed by atoms with E-state index in [0.717, 1.165) is 69.2 Å². The number of alkyl halides is 1. The fraction of sp³-hybridized carbons (Fsp3) is 0.423. The van der Waals surface area contributed by atoms with Gasteiger partial charge in [-0.05, 0) is 142 Å². The predicted molar refractivity (Wildman–Crippen MR) is 262 cm³/mol. The molecule has 1 saturated carbocycles. The van der Waals surface area contributed by atoms with Gasteiger partial charge in [-0.3, -0.25) is 29.1 Å². The Balaban J connectivity index is 0.000000191. The Hall–Kier alpha value is -6.39. The molecule has 0 radical (unpaired) electrons. The summed E-state index contributed by atoms with van der Waals surface area (Å²) >= 11 is 1.17. The van der Waals surface area contributed by atoms with Crippen molar-refractivity contribution in [3.63, 3.8) is 0 Å². The third kappa shape index (κ3) is 9.98. The van der Waals surface area contributed by atoms with E-state index in [4.69, 9.17) is 4.74 Å². The third-order valence-electron chi connectivity index (χ3n) is 14.6. The molecule has 18 heteroatoms. The van der Waals surface area contributed by atoms with Crippen LogP contribution in [0, 0.1) is 17.1 Å². The zero-order valence-electron chi connectivity index (χ0n) is 38.7. The second-order valence-corrected chi connectivity index (χ2v) is 19.9. The van der Waals surface area contributed by atoms with E-state index < -0.39 is 18.0 Å². The summed E-state index contributed by atoms with van der Waals surface area (Å²) in [5.74, 6) is -1.07. The number of nitriles is 1. The number of aromatic nitrogens is 2. The van der Waals surface area contributed by atoms with Gasteiger partial charge in [-0.1, -0.05) is 18.6 Å². The smallest absolute Gasteiger partial charge is 0.265 e. The maximum absolute atomic E-state index is 15.0. The minimum atomic E-state index is -0.891. The standard InChI is InChI=1S/C34H34F2N6O2S.C18H21N3O4/c35-24-14-17-41(20-24)45-39-32-11-9-30(36)33(29(32)19-37)44-27-8-10-31-28(18-27)34(43)42(21-38-31)26-6-4-22(5-7-26)23-12-15-40(16-13-23)25-2-1-3-25;22-13-5-7-20(8-6-13)12-1-2-14-11(9-12)10-21(18(14)25)15-3-4-16(23)19-17(15)24/h4-11,18,21,23-25,39H,1-3,12-17,20H2;1-2,9,13,15,22H,3-8,10H2,(H,19,23,24). The quantitative estimate of drug-likeness (QED) is 0.0937. The number of likely N-dealkylation sites (tertiary alicyclic amines) is 1. The van der Waals surface area contributed by atoms with Gasteiger partial charge in [0, 0.05) is 68.6 Å². The number of aliphatic hydroxyl groups is 1. The number of halogens is 2. The summed E-state index contributed by atoms with van der Waals surface area (Å²) < 4.78 is 40.7. The van der Waals surface area contributed by atoms with Crippen LogP contribution in [0.4, 0.5) is 20.2 Å². The Kier molecular flexibility index (Phi) is 13.9. The van der Waals surface area contributed by atoms with Crippen LogP contribution in [0.15, 0.2) is 83.9 Å². The number of ether oxygens (including phenoxy) is 1. The lowest BCUT2D eigenvalue weighted by Gasteiger charge is -2.42. The zero-order chi connectivity index (χ0) is 48.5. The minimum Gasteiger partial charge on any atom is -0.453 e. The van der Waals surface area contributed by atoms with Gasteiger partial charge in [-0.25, -0.2) is 18.1 Å². The average Bonchev–Trinajstić information content (AvgIpc) is 3.93. The predicted octanol–water partition coefficient (Wildman–Crippen LogP) is 7.35. The molecule has 2 atom stereocenters. The Labute approximate surface area is 408 Å². The van der Waals surface area contributed by atoms with Crippen molar-refractivity contribution in [1.29, 1.82) is 5.26 Å². The Morgan fingerprint density at radius 2 is 1.63 bits per heavy atom. The number of hydrogen-bond donors (Lipinski definition) is 3. The van der Waals surface area contributed by atoms with Crippen LogP contribution in [0.5, 0.6) is 11.5 Å². The molecule has 2 unspecified atom stereocenters. The van der Waals surface area contributed by atoms with Crippen molar-refractivity contribution in [1.82, 2.24) is 29.0 Å². The highest BCUT2D eigenvalue weighted by molar-refractivity contribution is 7.98. The molecule has 5 aromatic rings. The number of nitrogens with one attached hydrogen (secondary N) is 2. The number of carbonyl (C=O) groups is 3. The van der Waals surface area contributed by atoms with Gasteiger partial charge in [0.1, 0.15) is 35.9 Å². The molecule has 3 N–H and O–H groups in total. The van der Waals surface area contributed by atoms with E-state index in [2.05, 4.69) is 37.0 Å². The molecule has 4 saturated heterocycles. The highest BCUT2D eigenvalue weighted by Gasteiger charge is 2.39. The summed E-state index contributed by atoms with van der Waals surface area (Å²) in [4.78, 5) is 60.6. The second kappa shape index (κ2) is 20.5. The van der Waals surface area contributed by atoms with Gasteiger partial charge >= 0.3 is 0 Å². The van der Waals surface area contributed by atoms with Gasteiger partial charge in [0.05, 0.1) is 28.4 Å². The molecule has 0 bridgehead atoms. The number of carbonyl (C=O) groups excluding carboxylic acids is 3. The largest absolute Gasteiger partial charge is 0.453 e. The Morgan fingerprint density at radius 1 is 0.857 bits per heavy atom. The molecule has 0 spiro atoms. The summed E-state index contributed by atoms with van der Waals surface area (Å²) in [5, 5.41) is 22.1. The molecular formula is C52H55F2N9O6S. The molecule has 1 aromatic heterocycles. The van der Waals surface area contributed by atoms with Crippen molar-refractivity contribution < 1.29 is 33.0 Å². The van der Waals surface area contributed by atoms with Gasteiger partial charge in [-0.15, -0.1) is 0 Å². The van der Waals surface area contributed by atoms with Crippen LogP contribution in [0.25, 0.3) is 16.6 Å². The van der Waals surface area contributed by atoms with Crippen LogP contribution in [-0.4, -0.2) is 110 Å². The number of anilines is 2. The van der Waals surface area contributed by atoms with E-state index in [1.807, 2.05) is 40.7 Å². The van der Waals surface area contributed by atoms with E-state index in [1.54, 1.807) is 17.0 Å². The molecule has 5 fully saturated rings. The third-order valence-corrected chi connectivity index (χ3v) is 15.6. The normalized spacial score (nSPS) is 21.5. The molecule has 15 nitrogen and oxygen atoms in total. The van der Waals surface area contributed by atoms with Crippen molar-refractivity contribution in [2.24, 2.45) is 0 Å². The lowest BCUT2D eigenvalue weighted by Crippen LogP contribution is -2.52. The number of rotatable bonds is 10. The summed E-state index contributed by atoms with van der Waals surface area (Å²) in [6.45, 7) is 5.12. The fourth-order valence-corrected chi connectivity index (χ4v) is 11.2. The van der Waals surface area contributed by atoms with Crippen LogP contribution in [0.1, 0.15) is 97.2 Å². The summed E-state index contributed by atoms with van der Waals surface area (Å²) in [7, 11) is 0. The first-order valence-electron chi connectivity index (χ1n) is 24.3. The van der Waals surface area contributed by atoms with E-state index in [9.17, 15) is 38.3 Å². The second-order valence-electron chi connectivity index (χ2n) is 19.0. The van der Waals surface area contributed by atoms with Crippen molar-refractivity contribution in [2.75, 3.05) is 48.9 Å². The minimum absolute atomic E-state index is 0.0315. The number of fused-ring (bicyclic) bond motifs is 2. The SMILES string of the molecule is N#Cc1c(NSN2CCC(F)C2)ccc(F)c1Oc1ccc2ncn(-c3ccc(C4CCN(C5CCC5)CC4)cc3)c(=O)c2c1.O=C1CCC(N2Cc3cc(N4CCC(O)CC4)ccc3C2=O)C(=O)N1. The van der Waals surface area contributed by atoms with Gasteiger partial charge in [-0.2, -0.15) is 5.26 Å². The van der Waals surface area contributed by atoms with Gasteiger partial charge < -0.3 is 29.3 Å². The number of imide groups is 1. The molecular weight excluding hydrogens is 917 g/mol. The van der Waals surface area contributed by atoms with Crippen molar-refractivity contribution >= 4 is 52.1 Å². The van der Waals surface area contributed by atoms with E-state index >= 15 is 0 Å². The molecule has 70 heavy (non-hydrogen) atoms. The molecule has 11 rings (SSSR count). The lowest BCUT2D eigenvalue weighted by molar-refractivity contribution is -0.136. The van der Waals surface area contributed by atoms with Gasteiger partial charge in [0.15, 0.2) is 11.6 Å². The van der Waals surface area contributed by atoms with Gasteiger partial charge in [0.2, 0.25) is 11.8 Å². The van der Waals surface area contributed by atoms with E-state index in [1.165, 1.54) is 66.1 Å². The van der Waals surface area contributed by atoms with Crippen molar-refractivity contribution in [3.8, 4) is 23.3 Å². The first-order chi connectivity index (χ1) is 34.0. The van der Waals surface area contributed by atoms with Gasteiger partial charge in [0.25, 0.3) is 11.5 Å². The van der Waals surface area contributed by atoms with Crippen LogP contribution < -0.4 is 25.2 Å². The van der Waals surface area contributed by atoms with Crippen LogP contribution in [-0.2, 0) is 16.1 Å². The lowest BCUT2D eigenvalue weighted by atomic mass is 9.85. The van der Waals surface area contributed by atoms with Crippen molar-refractivity contribution in [3.05, 3.63) is 118 Å². The maximum atomic E-state index is 15.0. The van der Waals surface area contributed by atoms with Crippen LogP contribution >= 0.6 is 12.1 Å². The molecule has 5 aliphatic heterocycles. The summed E-state index contributed by atoms with van der Waals surface area (Å²) in [6, 6.07) is 23.5. The Bertz CT molecular complexity index is 2890. The number of hydrogen-bond acceptors (Lipinski definition) is 13. The number of amides is 3. The zero-order valence-corrected chi connectivity index (χ0v) is 39.5. The van der Waals surface area contributed by atoms with Crippen LogP contribution in [0.3, 0.4) is 0 Å². The number of nitrogens with zero attached hydrogens (tertiary/aromatic N) is 7. The van der Waals surface area contributed by atoms with Crippen LogP contribution in [0.2, 0.25) is 0 Å². The summed E-state index contributed by atoms with van der Waals surface area (Å²) in [5.41, 5.74) is 5.10. The monoisotopic (exact) mass is 971 g/mol. The first-order valence-corrected chi connectivity index (χ1v) is 25.1. The number of piperidine rings is 3. The molecule has 364 valence electrons. The maximum Gasteiger partial charge on any atom is 0.265 e. The highest BCUT2D eigenvalue weighted by atomic mass is 32.2. The average molecular weight is 972 g/mol. The fourth-order valence-electron chi connectivity index (χ4n) is 10.3.